The molecule has 0 radical (unpaired) electrons. The van der Waals surface area contributed by atoms with E-state index >= 15 is 0 Å². The van der Waals surface area contributed by atoms with Gasteiger partial charge in [0.05, 0.1) is 32.4 Å². The van der Waals surface area contributed by atoms with Crippen molar-refractivity contribution < 1.29 is 14.2 Å². The van der Waals surface area contributed by atoms with E-state index in [0.29, 0.717) is 6.54 Å². The molecule has 7 nitrogen and oxygen atoms in total. The van der Waals surface area contributed by atoms with E-state index in [2.05, 4.69) is 48.4 Å². The van der Waals surface area contributed by atoms with Gasteiger partial charge in [0.1, 0.15) is 5.75 Å². The van der Waals surface area contributed by atoms with Crippen LogP contribution in [0.3, 0.4) is 0 Å². The third kappa shape index (κ3) is 9.93. The van der Waals surface area contributed by atoms with Crippen LogP contribution in [-0.4, -0.2) is 76.6 Å². The van der Waals surface area contributed by atoms with E-state index in [-0.39, 0.29) is 36.1 Å². The lowest BCUT2D eigenvalue weighted by Gasteiger charge is -2.29. The van der Waals surface area contributed by atoms with Crippen LogP contribution in [0.4, 0.5) is 0 Å². The van der Waals surface area contributed by atoms with Gasteiger partial charge in [0.2, 0.25) is 0 Å². The number of hydrogen-bond acceptors (Lipinski definition) is 5. The van der Waals surface area contributed by atoms with Crippen molar-refractivity contribution in [2.75, 3.05) is 59.7 Å². The second-order valence-electron chi connectivity index (χ2n) is 7.37. The van der Waals surface area contributed by atoms with Crippen molar-refractivity contribution in [1.29, 1.82) is 0 Å². The van der Waals surface area contributed by atoms with Crippen molar-refractivity contribution in [2.24, 2.45) is 4.99 Å². The van der Waals surface area contributed by atoms with Crippen LogP contribution in [0.1, 0.15) is 45.2 Å². The Morgan fingerprint density at radius 3 is 2.71 bits per heavy atom. The van der Waals surface area contributed by atoms with Crippen molar-refractivity contribution in [3.8, 4) is 5.75 Å². The number of ether oxygens (including phenoxy) is 3. The molecular formula is C23H41IN4O3. The minimum atomic E-state index is 0. The lowest BCUT2D eigenvalue weighted by Crippen LogP contribution is -2.39. The van der Waals surface area contributed by atoms with Crippen molar-refractivity contribution >= 4 is 29.9 Å². The maximum Gasteiger partial charge on any atom is 0.191 e. The molecule has 0 amide bonds. The predicted octanol–water partition coefficient (Wildman–Crippen LogP) is 3.45. The average Bonchev–Trinajstić information content (AvgIpc) is 3.29. The highest BCUT2D eigenvalue weighted by molar-refractivity contribution is 14.0. The number of likely N-dealkylation sites (N-methyl/N-ethyl adjacent to an activating group) is 1. The molecule has 1 fully saturated rings. The first-order valence-corrected chi connectivity index (χ1v) is 11.3. The number of benzene rings is 1. The van der Waals surface area contributed by atoms with Crippen molar-refractivity contribution in [3.05, 3.63) is 29.8 Å². The van der Waals surface area contributed by atoms with Crippen LogP contribution in [0.15, 0.2) is 29.3 Å². The Kier molecular flexibility index (Phi) is 14.9. The number of guanidine groups is 1. The molecule has 0 spiro atoms. The monoisotopic (exact) mass is 548 g/mol. The number of aliphatic imine (C=N–C) groups is 1. The summed E-state index contributed by atoms with van der Waals surface area (Å²) in [5.41, 5.74) is 1.23. The first-order chi connectivity index (χ1) is 14.7. The SMILES string of the molecule is CCNC(=NCC(c1cccc(OC)c1)N(CC)CC)NCCCOC1CCOC1.I. The van der Waals surface area contributed by atoms with Crippen LogP contribution in [0.2, 0.25) is 0 Å². The van der Waals surface area contributed by atoms with E-state index in [9.17, 15) is 0 Å². The van der Waals surface area contributed by atoms with Gasteiger partial charge in [0.25, 0.3) is 0 Å². The Hall–Kier alpha value is -1.10. The zero-order valence-electron chi connectivity index (χ0n) is 19.6. The largest absolute Gasteiger partial charge is 0.497 e. The summed E-state index contributed by atoms with van der Waals surface area (Å²) < 4.78 is 16.6. The van der Waals surface area contributed by atoms with Crippen LogP contribution in [0.25, 0.3) is 0 Å². The standard InChI is InChI=1S/C23H40N4O3.HI/c1-5-24-23(25-13-9-14-30-21-12-15-29-18-21)26-17-22(27(6-2)7-3)19-10-8-11-20(16-19)28-4;/h8,10-11,16,21-22H,5-7,9,12-15,17-18H2,1-4H3,(H2,24,25,26);1H. The van der Waals surface area contributed by atoms with Crippen LogP contribution in [0, 0.1) is 0 Å². The number of methoxy groups -OCH3 is 1. The minimum Gasteiger partial charge on any atom is -0.497 e. The molecular weight excluding hydrogens is 507 g/mol. The molecule has 178 valence electrons. The summed E-state index contributed by atoms with van der Waals surface area (Å²) in [5, 5.41) is 6.79. The van der Waals surface area contributed by atoms with Gasteiger partial charge in [-0.15, -0.1) is 24.0 Å². The smallest absolute Gasteiger partial charge is 0.191 e. The number of hydrogen-bond donors (Lipinski definition) is 2. The van der Waals surface area contributed by atoms with Crippen molar-refractivity contribution in [2.45, 2.75) is 45.8 Å². The van der Waals surface area contributed by atoms with E-state index in [1.165, 1.54) is 5.56 Å². The van der Waals surface area contributed by atoms with Crippen LogP contribution < -0.4 is 15.4 Å². The molecule has 1 heterocycles. The molecule has 2 N–H and O–H groups in total. The van der Waals surface area contributed by atoms with Gasteiger partial charge >= 0.3 is 0 Å². The highest BCUT2D eigenvalue weighted by Gasteiger charge is 2.19. The van der Waals surface area contributed by atoms with E-state index < -0.39 is 0 Å². The Labute approximate surface area is 205 Å². The van der Waals surface area contributed by atoms with Crippen LogP contribution >= 0.6 is 24.0 Å². The number of nitrogens with zero attached hydrogens (tertiary/aromatic N) is 2. The van der Waals surface area contributed by atoms with Gasteiger partial charge in [-0.05, 0) is 50.6 Å². The highest BCUT2D eigenvalue weighted by Crippen LogP contribution is 2.24. The molecule has 2 rings (SSSR count). The Morgan fingerprint density at radius 1 is 1.26 bits per heavy atom. The summed E-state index contributed by atoms with van der Waals surface area (Å²) >= 11 is 0. The van der Waals surface area contributed by atoms with Crippen molar-refractivity contribution in [3.63, 3.8) is 0 Å². The molecule has 2 unspecified atom stereocenters. The fraction of sp³-hybridized carbons (Fsp3) is 0.696. The van der Waals surface area contributed by atoms with Gasteiger partial charge < -0.3 is 24.8 Å². The fourth-order valence-electron chi connectivity index (χ4n) is 3.64. The van der Waals surface area contributed by atoms with E-state index in [4.69, 9.17) is 19.2 Å². The maximum atomic E-state index is 5.84. The molecule has 1 aliphatic rings. The molecule has 1 aliphatic heterocycles. The number of rotatable bonds is 13. The molecule has 31 heavy (non-hydrogen) atoms. The lowest BCUT2D eigenvalue weighted by atomic mass is 10.0. The molecule has 1 aromatic rings. The summed E-state index contributed by atoms with van der Waals surface area (Å²) in [4.78, 5) is 7.32. The van der Waals surface area contributed by atoms with E-state index in [1.807, 2.05) is 12.1 Å². The van der Waals surface area contributed by atoms with Gasteiger partial charge in [-0.3, -0.25) is 9.89 Å². The third-order valence-corrected chi connectivity index (χ3v) is 5.35. The lowest BCUT2D eigenvalue weighted by molar-refractivity contribution is 0.0420. The molecule has 0 aromatic heterocycles. The molecule has 1 aromatic carbocycles. The zero-order valence-corrected chi connectivity index (χ0v) is 21.9. The van der Waals surface area contributed by atoms with Gasteiger partial charge in [0.15, 0.2) is 5.96 Å². The Balaban J connectivity index is 0.00000480. The summed E-state index contributed by atoms with van der Waals surface area (Å²) in [6.45, 7) is 13.1. The van der Waals surface area contributed by atoms with E-state index in [1.54, 1.807) is 7.11 Å². The second-order valence-corrected chi connectivity index (χ2v) is 7.37. The predicted molar refractivity (Wildman–Crippen MR) is 138 cm³/mol. The topological polar surface area (TPSA) is 67.4 Å². The molecule has 0 aliphatic carbocycles. The Bertz CT molecular complexity index is 623. The average molecular weight is 549 g/mol. The quantitative estimate of drug-likeness (QED) is 0.171. The summed E-state index contributed by atoms with van der Waals surface area (Å²) in [6.07, 6.45) is 2.22. The van der Waals surface area contributed by atoms with Crippen molar-refractivity contribution in [1.82, 2.24) is 15.5 Å². The zero-order chi connectivity index (χ0) is 21.6. The van der Waals surface area contributed by atoms with Gasteiger partial charge in [0, 0.05) is 26.3 Å². The third-order valence-electron chi connectivity index (χ3n) is 5.35. The van der Waals surface area contributed by atoms with Crippen LogP contribution in [-0.2, 0) is 9.47 Å². The maximum absolute atomic E-state index is 5.84. The molecule has 8 heteroatoms. The number of nitrogens with one attached hydrogen (secondary N) is 2. The molecule has 0 bridgehead atoms. The highest BCUT2D eigenvalue weighted by atomic mass is 127. The van der Waals surface area contributed by atoms with Gasteiger partial charge in [-0.1, -0.05) is 26.0 Å². The number of halogens is 1. The fourth-order valence-corrected chi connectivity index (χ4v) is 3.64. The van der Waals surface area contributed by atoms with Crippen LogP contribution in [0.5, 0.6) is 5.75 Å². The first-order valence-electron chi connectivity index (χ1n) is 11.3. The normalized spacial score (nSPS) is 17.3. The Morgan fingerprint density at radius 2 is 2.06 bits per heavy atom. The second kappa shape index (κ2) is 16.5. The molecule has 0 saturated carbocycles. The van der Waals surface area contributed by atoms with Gasteiger partial charge in [-0.2, -0.15) is 0 Å². The van der Waals surface area contributed by atoms with Gasteiger partial charge in [-0.25, -0.2) is 0 Å². The van der Waals surface area contributed by atoms with E-state index in [0.717, 1.165) is 70.6 Å². The molecule has 1 saturated heterocycles. The summed E-state index contributed by atoms with van der Waals surface area (Å²) in [7, 11) is 1.71. The minimum absolute atomic E-state index is 0. The molecule has 2 atom stereocenters. The summed E-state index contributed by atoms with van der Waals surface area (Å²) in [5.74, 6) is 1.73. The summed E-state index contributed by atoms with van der Waals surface area (Å²) in [6, 6.07) is 8.51. The first kappa shape index (κ1) is 27.9.